The van der Waals surface area contributed by atoms with Gasteiger partial charge >= 0.3 is 5.97 Å². The van der Waals surface area contributed by atoms with Crippen molar-refractivity contribution in [1.82, 2.24) is 4.90 Å². The third kappa shape index (κ3) is 5.46. The van der Waals surface area contributed by atoms with Gasteiger partial charge in [0.2, 0.25) is 5.91 Å². The van der Waals surface area contributed by atoms with E-state index in [0.717, 1.165) is 22.1 Å². The number of aliphatic carboxylic acids is 1. The fraction of sp³-hybridized carbons (Fsp3) is 0.429. The number of carboxylic acids is 1. The van der Waals surface area contributed by atoms with Gasteiger partial charge < -0.3 is 10.4 Å². The van der Waals surface area contributed by atoms with E-state index in [1.54, 1.807) is 4.90 Å². The standard InChI is InChI=1S/C14H17IN2O3/c15-11-2-1-3-12(6-11)16-13(18)8-17(9-14(19)20)7-10-4-5-10/h1-3,6,10H,4-5,7-9H2,(H,16,18)(H,19,20). The Balaban J connectivity index is 1.88. The summed E-state index contributed by atoms with van der Waals surface area (Å²) in [6.45, 7) is 0.719. The third-order valence-electron chi connectivity index (χ3n) is 3.05. The van der Waals surface area contributed by atoms with Gasteiger partial charge in [0.25, 0.3) is 0 Å². The van der Waals surface area contributed by atoms with Crippen LogP contribution < -0.4 is 5.32 Å². The molecule has 2 rings (SSSR count). The van der Waals surface area contributed by atoms with Gasteiger partial charge in [-0.15, -0.1) is 0 Å². The first-order valence-corrected chi connectivity index (χ1v) is 7.60. The van der Waals surface area contributed by atoms with E-state index in [9.17, 15) is 9.59 Å². The molecule has 0 radical (unpaired) electrons. The monoisotopic (exact) mass is 388 g/mol. The van der Waals surface area contributed by atoms with Crippen LogP contribution in [0.25, 0.3) is 0 Å². The molecule has 5 nitrogen and oxygen atoms in total. The Hall–Kier alpha value is -1.15. The zero-order chi connectivity index (χ0) is 14.5. The minimum absolute atomic E-state index is 0.0871. The van der Waals surface area contributed by atoms with Crippen molar-refractivity contribution in [1.29, 1.82) is 0 Å². The molecule has 1 fully saturated rings. The number of carbonyl (C=O) groups is 2. The Kier molecular flexibility index (Phi) is 5.36. The molecule has 1 saturated carbocycles. The predicted molar refractivity (Wildman–Crippen MR) is 84.6 cm³/mol. The van der Waals surface area contributed by atoms with Gasteiger partial charge in [0, 0.05) is 15.8 Å². The van der Waals surface area contributed by atoms with Crippen LogP contribution in [0.4, 0.5) is 5.69 Å². The highest BCUT2D eigenvalue weighted by Gasteiger charge is 2.26. The summed E-state index contributed by atoms with van der Waals surface area (Å²) in [6.07, 6.45) is 2.27. The number of hydrogen-bond acceptors (Lipinski definition) is 3. The highest BCUT2D eigenvalue weighted by molar-refractivity contribution is 14.1. The predicted octanol–water partition coefficient (Wildman–Crippen LogP) is 2.03. The number of amides is 1. The second-order valence-electron chi connectivity index (χ2n) is 5.07. The van der Waals surface area contributed by atoms with Gasteiger partial charge in [-0.25, -0.2) is 0 Å². The molecule has 108 valence electrons. The van der Waals surface area contributed by atoms with Gasteiger partial charge in [0.05, 0.1) is 13.1 Å². The Morgan fingerprint density at radius 2 is 2.10 bits per heavy atom. The quantitative estimate of drug-likeness (QED) is 0.702. The zero-order valence-corrected chi connectivity index (χ0v) is 13.2. The van der Waals surface area contributed by atoms with E-state index in [0.29, 0.717) is 12.5 Å². The summed E-state index contributed by atoms with van der Waals surface area (Å²) >= 11 is 2.18. The summed E-state index contributed by atoms with van der Waals surface area (Å²) < 4.78 is 1.04. The molecule has 20 heavy (non-hydrogen) atoms. The topological polar surface area (TPSA) is 69.6 Å². The largest absolute Gasteiger partial charge is 0.480 e. The van der Waals surface area contributed by atoms with Crippen LogP contribution in [-0.4, -0.2) is 41.5 Å². The molecule has 2 N–H and O–H groups in total. The lowest BCUT2D eigenvalue weighted by atomic mass is 10.3. The van der Waals surface area contributed by atoms with Gasteiger partial charge in [-0.05, 0) is 59.5 Å². The van der Waals surface area contributed by atoms with Crippen molar-refractivity contribution in [2.45, 2.75) is 12.8 Å². The molecule has 0 spiro atoms. The molecular formula is C14H17IN2O3. The molecular weight excluding hydrogens is 371 g/mol. The normalized spacial score (nSPS) is 14.3. The SMILES string of the molecule is O=C(O)CN(CC(=O)Nc1cccc(I)c1)CC1CC1. The fourth-order valence-electron chi connectivity index (χ4n) is 2.01. The highest BCUT2D eigenvalue weighted by atomic mass is 127. The van der Waals surface area contributed by atoms with E-state index >= 15 is 0 Å². The molecule has 1 aliphatic rings. The Morgan fingerprint density at radius 1 is 1.35 bits per heavy atom. The minimum Gasteiger partial charge on any atom is -0.480 e. The van der Waals surface area contributed by atoms with Crippen LogP contribution in [0.2, 0.25) is 0 Å². The summed E-state index contributed by atoms with van der Waals surface area (Å²) in [4.78, 5) is 24.5. The van der Waals surface area contributed by atoms with Crippen molar-refractivity contribution in [2.24, 2.45) is 5.92 Å². The number of carboxylic acid groups (broad SMARTS) is 1. The maximum Gasteiger partial charge on any atom is 0.317 e. The number of carbonyl (C=O) groups excluding carboxylic acids is 1. The van der Waals surface area contributed by atoms with Gasteiger partial charge in [-0.3, -0.25) is 14.5 Å². The molecule has 0 aromatic heterocycles. The number of hydrogen-bond donors (Lipinski definition) is 2. The van der Waals surface area contributed by atoms with Gasteiger partial charge in [0.1, 0.15) is 0 Å². The second-order valence-corrected chi connectivity index (χ2v) is 6.31. The van der Waals surface area contributed by atoms with Crippen LogP contribution in [-0.2, 0) is 9.59 Å². The molecule has 0 saturated heterocycles. The summed E-state index contributed by atoms with van der Waals surface area (Å²) in [6, 6.07) is 7.51. The Bertz CT molecular complexity index is 503. The molecule has 1 aromatic rings. The zero-order valence-electron chi connectivity index (χ0n) is 11.0. The number of halogens is 1. The lowest BCUT2D eigenvalue weighted by Gasteiger charge is -2.19. The number of anilines is 1. The average molecular weight is 388 g/mol. The van der Waals surface area contributed by atoms with Crippen molar-refractivity contribution >= 4 is 40.2 Å². The van der Waals surface area contributed by atoms with Crippen molar-refractivity contribution < 1.29 is 14.7 Å². The summed E-state index contributed by atoms with van der Waals surface area (Å²) in [5.74, 6) is -0.513. The van der Waals surface area contributed by atoms with E-state index in [1.807, 2.05) is 24.3 Å². The highest BCUT2D eigenvalue weighted by Crippen LogP contribution is 2.29. The minimum atomic E-state index is -0.896. The first-order chi connectivity index (χ1) is 9.52. The van der Waals surface area contributed by atoms with Crippen LogP contribution in [0.5, 0.6) is 0 Å². The molecule has 0 unspecified atom stereocenters. The van der Waals surface area contributed by atoms with Crippen LogP contribution in [0.15, 0.2) is 24.3 Å². The van der Waals surface area contributed by atoms with E-state index in [4.69, 9.17) is 5.11 Å². The van der Waals surface area contributed by atoms with Crippen LogP contribution >= 0.6 is 22.6 Å². The number of benzene rings is 1. The first-order valence-electron chi connectivity index (χ1n) is 6.52. The molecule has 1 aromatic carbocycles. The average Bonchev–Trinajstić information content (AvgIpc) is 3.11. The smallest absolute Gasteiger partial charge is 0.317 e. The molecule has 0 aliphatic heterocycles. The number of nitrogens with one attached hydrogen (secondary N) is 1. The van der Waals surface area contributed by atoms with Gasteiger partial charge in [-0.1, -0.05) is 6.07 Å². The second kappa shape index (κ2) is 7.03. The van der Waals surface area contributed by atoms with Gasteiger partial charge in [0.15, 0.2) is 0 Å². The van der Waals surface area contributed by atoms with E-state index in [-0.39, 0.29) is 19.0 Å². The van der Waals surface area contributed by atoms with Crippen molar-refractivity contribution in [3.63, 3.8) is 0 Å². The van der Waals surface area contributed by atoms with E-state index in [1.165, 1.54) is 0 Å². The summed E-state index contributed by atoms with van der Waals surface area (Å²) in [5, 5.41) is 11.7. The molecule has 1 amide bonds. The molecule has 6 heteroatoms. The molecule has 0 atom stereocenters. The van der Waals surface area contributed by atoms with Crippen molar-refractivity contribution in [3.8, 4) is 0 Å². The lowest BCUT2D eigenvalue weighted by Crippen LogP contribution is -2.38. The maximum absolute atomic E-state index is 12.0. The third-order valence-corrected chi connectivity index (χ3v) is 3.72. The van der Waals surface area contributed by atoms with E-state index in [2.05, 4.69) is 27.9 Å². The Morgan fingerprint density at radius 3 is 2.70 bits per heavy atom. The van der Waals surface area contributed by atoms with Crippen molar-refractivity contribution in [3.05, 3.63) is 27.8 Å². The fourth-order valence-corrected chi connectivity index (χ4v) is 2.55. The van der Waals surface area contributed by atoms with Gasteiger partial charge in [-0.2, -0.15) is 0 Å². The van der Waals surface area contributed by atoms with Crippen molar-refractivity contribution in [2.75, 3.05) is 25.0 Å². The number of nitrogens with zero attached hydrogens (tertiary/aromatic N) is 1. The van der Waals surface area contributed by atoms with E-state index < -0.39 is 5.97 Å². The summed E-state index contributed by atoms with van der Waals surface area (Å²) in [5.41, 5.74) is 0.739. The Labute approximate surface area is 131 Å². The number of rotatable bonds is 7. The first kappa shape index (κ1) is 15.2. The molecule has 0 bridgehead atoms. The molecule has 0 heterocycles. The molecule has 1 aliphatic carbocycles. The summed E-state index contributed by atoms with van der Waals surface area (Å²) in [7, 11) is 0. The maximum atomic E-state index is 12.0. The lowest BCUT2D eigenvalue weighted by molar-refractivity contribution is -0.138. The van der Waals surface area contributed by atoms with Crippen LogP contribution in [0.3, 0.4) is 0 Å². The van der Waals surface area contributed by atoms with Crippen LogP contribution in [0.1, 0.15) is 12.8 Å². The van der Waals surface area contributed by atoms with Crippen LogP contribution in [0, 0.1) is 9.49 Å².